The number of piperazine rings is 1. The first-order valence-electron chi connectivity index (χ1n) is 11.5. The zero-order valence-electron chi connectivity index (χ0n) is 17.8. The molecule has 1 saturated heterocycles. The molecular weight excluding hydrogens is 414 g/mol. The summed E-state index contributed by atoms with van der Waals surface area (Å²) in [4.78, 5) is 27.7. The summed E-state index contributed by atoms with van der Waals surface area (Å²) in [6, 6.07) is 8.38. The van der Waals surface area contributed by atoms with E-state index in [2.05, 4.69) is 5.32 Å². The van der Waals surface area contributed by atoms with Gasteiger partial charge in [0.15, 0.2) is 0 Å². The second-order valence-electron chi connectivity index (χ2n) is 9.98. The lowest BCUT2D eigenvalue weighted by Crippen LogP contribution is -2.56. The Hall–Kier alpha value is -1.93. The van der Waals surface area contributed by atoms with Crippen molar-refractivity contribution in [1.82, 2.24) is 14.5 Å². The Morgan fingerprint density at radius 1 is 0.903 bits per heavy atom. The zero-order valence-corrected chi connectivity index (χ0v) is 18.6. The van der Waals surface area contributed by atoms with Crippen molar-refractivity contribution in [1.29, 1.82) is 0 Å². The average Bonchev–Trinajstić information content (AvgIpc) is 2.77. The highest BCUT2D eigenvalue weighted by Crippen LogP contribution is 2.60. The Morgan fingerprint density at radius 3 is 2.00 bits per heavy atom. The molecule has 4 bridgehead atoms. The Bertz CT molecular complexity index is 919. The first kappa shape index (κ1) is 20.9. The molecule has 0 spiro atoms. The predicted octanol–water partition coefficient (Wildman–Crippen LogP) is 1.85. The van der Waals surface area contributed by atoms with E-state index >= 15 is 0 Å². The van der Waals surface area contributed by atoms with Gasteiger partial charge in [0.2, 0.25) is 21.8 Å². The summed E-state index contributed by atoms with van der Waals surface area (Å²) >= 11 is 0. The van der Waals surface area contributed by atoms with Crippen LogP contribution >= 0.6 is 0 Å². The van der Waals surface area contributed by atoms with E-state index in [1.165, 1.54) is 23.6 Å². The fourth-order valence-electron chi connectivity index (χ4n) is 6.76. The van der Waals surface area contributed by atoms with Crippen molar-refractivity contribution >= 4 is 21.8 Å². The van der Waals surface area contributed by atoms with Crippen molar-refractivity contribution in [2.75, 3.05) is 32.7 Å². The SMILES string of the molecule is O=C(CNC(=O)C12CC3CC(CC(C3)C1)C2)N1CCN(S(=O)(=O)c2ccccc2)CC1. The Balaban J connectivity index is 1.14. The number of carbonyl (C=O) groups excluding carboxylic acids is 2. The Labute approximate surface area is 184 Å². The minimum absolute atomic E-state index is 0.00597. The van der Waals surface area contributed by atoms with Gasteiger partial charge in [-0.05, 0) is 68.4 Å². The van der Waals surface area contributed by atoms with Crippen molar-refractivity contribution in [3.8, 4) is 0 Å². The Kier molecular flexibility index (Phi) is 5.33. The van der Waals surface area contributed by atoms with Crippen LogP contribution < -0.4 is 5.32 Å². The fraction of sp³-hybridized carbons (Fsp3) is 0.652. The third-order valence-corrected chi connectivity index (χ3v) is 9.81. The second-order valence-corrected chi connectivity index (χ2v) is 11.9. The van der Waals surface area contributed by atoms with Crippen LogP contribution in [0, 0.1) is 23.2 Å². The molecule has 8 heteroatoms. The molecule has 6 rings (SSSR count). The standard InChI is InChI=1S/C23H31N3O4S/c27-21(16-24-22(28)23-13-17-10-18(14-23)12-19(11-17)15-23)25-6-8-26(9-7-25)31(29,30)20-4-2-1-3-5-20/h1-5,17-19H,6-16H2,(H,24,28). The van der Waals surface area contributed by atoms with E-state index in [9.17, 15) is 18.0 Å². The Morgan fingerprint density at radius 2 is 1.45 bits per heavy atom. The van der Waals surface area contributed by atoms with Crippen LogP contribution in [0.4, 0.5) is 0 Å². The summed E-state index contributed by atoms with van der Waals surface area (Å²) in [6.45, 7) is 1.24. The van der Waals surface area contributed by atoms with Gasteiger partial charge in [-0.3, -0.25) is 9.59 Å². The second kappa shape index (κ2) is 7.89. The van der Waals surface area contributed by atoms with Gasteiger partial charge >= 0.3 is 0 Å². The number of hydrogen-bond donors (Lipinski definition) is 1. The van der Waals surface area contributed by atoms with Gasteiger partial charge in [-0.2, -0.15) is 4.31 Å². The van der Waals surface area contributed by atoms with Gasteiger partial charge in [0.05, 0.1) is 11.4 Å². The number of carbonyl (C=O) groups is 2. The highest BCUT2D eigenvalue weighted by molar-refractivity contribution is 7.89. The summed E-state index contributed by atoms with van der Waals surface area (Å²) in [5.74, 6) is 1.99. The van der Waals surface area contributed by atoms with Crippen LogP contribution in [0.15, 0.2) is 35.2 Å². The fourth-order valence-corrected chi connectivity index (χ4v) is 8.21. The lowest BCUT2D eigenvalue weighted by molar-refractivity contribution is -0.148. The summed E-state index contributed by atoms with van der Waals surface area (Å²) in [7, 11) is -3.54. The third kappa shape index (κ3) is 3.89. The summed E-state index contributed by atoms with van der Waals surface area (Å²) < 4.78 is 26.9. The molecule has 1 aromatic rings. The largest absolute Gasteiger partial charge is 0.347 e. The molecular formula is C23H31N3O4S. The molecule has 0 unspecified atom stereocenters. The van der Waals surface area contributed by atoms with Gasteiger partial charge in [0, 0.05) is 31.6 Å². The number of hydrogen-bond acceptors (Lipinski definition) is 4. The van der Waals surface area contributed by atoms with Crippen molar-refractivity contribution in [2.24, 2.45) is 23.2 Å². The van der Waals surface area contributed by atoms with Crippen molar-refractivity contribution in [3.63, 3.8) is 0 Å². The maximum atomic E-state index is 13.1. The number of rotatable bonds is 5. The predicted molar refractivity (Wildman–Crippen MR) is 115 cm³/mol. The zero-order chi connectivity index (χ0) is 21.6. The summed E-state index contributed by atoms with van der Waals surface area (Å²) in [6.07, 6.45) is 6.78. The summed E-state index contributed by atoms with van der Waals surface area (Å²) in [5, 5.41) is 2.94. The van der Waals surface area contributed by atoms with E-state index < -0.39 is 10.0 Å². The normalized spacial score (nSPS) is 32.8. The van der Waals surface area contributed by atoms with Crippen LogP contribution in [-0.4, -0.2) is 62.2 Å². The number of nitrogens with one attached hydrogen (secondary N) is 1. The molecule has 2 amide bonds. The van der Waals surface area contributed by atoms with Gasteiger partial charge in [-0.15, -0.1) is 0 Å². The maximum absolute atomic E-state index is 13.1. The molecule has 0 atom stereocenters. The molecule has 7 nitrogen and oxygen atoms in total. The van der Waals surface area contributed by atoms with E-state index in [1.54, 1.807) is 35.2 Å². The van der Waals surface area contributed by atoms with Crippen LogP contribution in [0.25, 0.3) is 0 Å². The monoisotopic (exact) mass is 445 g/mol. The summed E-state index contributed by atoms with van der Waals surface area (Å²) in [5.41, 5.74) is -0.252. The van der Waals surface area contributed by atoms with Crippen LogP contribution in [0.1, 0.15) is 38.5 Å². The van der Waals surface area contributed by atoms with Crippen LogP contribution in [0.3, 0.4) is 0 Å². The van der Waals surface area contributed by atoms with Crippen LogP contribution in [0.5, 0.6) is 0 Å². The molecule has 4 saturated carbocycles. The molecule has 1 aromatic carbocycles. The number of benzene rings is 1. The van der Waals surface area contributed by atoms with E-state index in [1.807, 2.05) is 0 Å². The van der Waals surface area contributed by atoms with Gasteiger partial charge in [0.1, 0.15) is 0 Å². The highest BCUT2D eigenvalue weighted by atomic mass is 32.2. The molecule has 1 heterocycles. The number of amides is 2. The molecule has 0 aromatic heterocycles. The van der Waals surface area contributed by atoms with E-state index in [0.29, 0.717) is 30.8 Å². The third-order valence-electron chi connectivity index (χ3n) is 7.89. The van der Waals surface area contributed by atoms with Gasteiger partial charge in [-0.1, -0.05) is 18.2 Å². The first-order valence-corrected chi connectivity index (χ1v) is 12.9. The molecule has 4 aliphatic carbocycles. The van der Waals surface area contributed by atoms with Crippen LogP contribution in [0.2, 0.25) is 0 Å². The topological polar surface area (TPSA) is 86.8 Å². The maximum Gasteiger partial charge on any atom is 0.243 e. The molecule has 0 radical (unpaired) electrons. The first-order chi connectivity index (χ1) is 14.9. The van der Waals surface area contributed by atoms with Crippen molar-refractivity contribution < 1.29 is 18.0 Å². The molecule has 168 valence electrons. The lowest BCUT2D eigenvalue weighted by atomic mass is 9.49. The minimum atomic E-state index is -3.54. The molecule has 5 aliphatic rings. The van der Waals surface area contributed by atoms with Crippen molar-refractivity contribution in [2.45, 2.75) is 43.4 Å². The molecule has 1 aliphatic heterocycles. The van der Waals surface area contributed by atoms with Gasteiger partial charge < -0.3 is 10.2 Å². The quantitative estimate of drug-likeness (QED) is 0.749. The highest BCUT2D eigenvalue weighted by Gasteiger charge is 2.54. The van der Waals surface area contributed by atoms with Gasteiger partial charge in [-0.25, -0.2) is 8.42 Å². The number of nitrogens with zero attached hydrogens (tertiary/aromatic N) is 2. The van der Waals surface area contributed by atoms with Gasteiger partial charge in [0.25, 0.3) is 0 Å². The van der Waals surface area contributed by atoms with E-state index in [-0.39, 0.29) is 41.8 Å². The minimum Gasteiger partial charge on any atom is -0.347 e. The van der Waals surface area contributed by atoms with Crippen LogP contribution in [-0.2, 0) is 19.6 Å². The number of sulfonamides is 1. The van der Waals surface area contributed by atoms with E-state index in [0.717, 1.165) is 19.3 Å². The smallest absolute Gasteiger partial charge is 0.243 e. The average molecular weight is 446 g/mol. The molecule has 1 N–H and O–H groups in total. The molecule has 5 fully saturated rings. The molecule has 31 heavy (non-hydrogen) atoms. The lowest BCUT2D eigenvalue weighted by Gasteiger charge is -2.55. The van der Waals surface area contributed by atoms with E-state index in [4.69, 9.17) is 0 Å². The van der Waals surface area contributed by atoms with Crippen molar-refractivity contribution in [3.05, 3.63) is 30.3 Å².